The van der Waals surface area contributed by atoms with Gasteiger partial charge in [0, 0.05) is 37.6 Å². The molecule has 21 heavy (non-hydrogen) atoms. The Morgan fingerprint density at radius 3 is 2.38 bits per heavy atom. The molecule has 2 fully saturated rings. The third-order valence-corrected chi connectivity index (χ3v) is 6.11. The molecular formula is C16H31ClN2O2. The Kier molecular flexibility index (Phi) is 5.73. The topological polar surface area (TPSA) is 55.6 Å². The van der Waals surface area contributed by atoms with E-state index in [1.165, 1.54) is 0 Å². The van der Waals surface area contributed by atoms with E-state index in [4.69, 9.17) is 10.5 Å². The van der Waals surface area contributed by atoms with Crippen LogP contribution in [0, 0.1) is 11.3 Å². The lowest BCUT2D eigenvalue weighted by atomic mass is 9.55. The quantitative estimate of drug-likeness (QED) is 0.870. The SMILES string of the molecule is COC1(C)CC(N(C)C(=O)C2CCCC(N)C2)C1(C)C.Cl. The predicted molar refractivity (Wildman–Crippen MR) is 87.6 cm³/mol. The van der Waals surface area contributed by atoms with Crippen LogP contribution in [0.4, 0.5) is 0 Å². The van der Waals surface area contributed by atoms with Crippen LogP contribution < -0.4 is 5.73 Å². The van der Waals surface area contributed by atoms with Crippen LogP contribution in [0.25, 0.3) is 0 Å². The van der Waals surface area contributed by atoms with Crippen molar-refractivity contribution in [2.45, 2.75) is 70.6 Å². The molecule has 0 saturated heterocycles. The second kappa shape index (κ2) is 6.43. The Hall–Kier alpha value is -0.320. The molecular weight excluding hydrogens is 288 g/mol. The van der Waals surface area contributed by atoms with Gasteiger partial charge in [-0.3, -0.25) is 4.79 Å². The zero-order valence-electron chi connectivity index (χ0n) is 14.0. The van der Waals surface area contributed by atoms with Crippen LogP contribution in [0.5, 0.6) is 0 Å². The molecule has 0 bridgehead atoms. The number of nitrogens with two attached hydrogens (primary N) is 1. The number of halogens is 1. The number of rotatable bonds is 3. The van der Waals surface area contributed by atoms with Gasteiger partial charge in [0.25, 0.3) is 0 Å². The zero-order valence-corrected chi connectivity index (χ0v) is 14.8. The van der Waals surface area contributed by atoms with E-state index < -0.39 is 0 Å². The number of ether oxygens (including phenoxy) is 1. The van der Waals surface area contributed by atoms with Crippen LogP contribution in [-0.2, 0) is 9.53 Å². The Bertz CT molecular complexity index is 388. The summed E-state index contributed by atoms with van der Waals surface area (Å²) < 4.78 is 5.65. The van der Waals surface area contributed by atoms with Crippen LogP contribution in [0.2, 0.25) is 0 Å². The molecule has 0 radical (unpaired) electrons. The standard InChI is InChI=1S/C16H30N2O2.ClH/c1-15(2)13(10-16(15,3)20-5)18(4)14(19)11-7-6-8-12(17)9-11;/h11-13H,6-10,17H2,1-5H3;1H. The average Bonchev–Trinajstić information content (AvgIpc) is 2.42. The molecule has 0 heterocycles. The minimum atomic E-state index is -0.130. The second-order valence-corrected chi connectivity index (χ2v) is 7.45. The van der Waals surface area contributed by atoms with Gasteiger partial charge in [0.2, 0.25) is 5.91 Å². The molecule has 2 rings (SSSR count). The lowest BCUT2D eigenvalue weighted by Crippen LogP contribution is -2.69. The average molecular weight is 319 g/mol. The van der Waals surface area contributed by atoms with Crippen molar-refractivity contribution in [1.29, 1.82) is 0 Å². The lowest BCUT2D eigenvalue weighted by Gasteiger charge is -2.61. The van der Waals surface area contributed by atoms with E-state index in [2.05, 4.69) is 20.8 Å². The van der Waals surface area contributed by atoms with E-state index in [-0.39, 0.29) is 47.3 Å². The highest BCUT2D eigenvalue weighted by molar-refractivity contribution is 5.85. The summed E-state index contributed by atoms with van der Waals surface area (Å²) in [5.74, 6) is 0.394. The highest BCUT2D eigenvalue weighted by Crippen LogP contribution is 2.53. The smallest absolute Gasteiger partial charge is 0.225 e. The highest BCUT2D eigenvalue weighted by atomic mass is 35.5. The molecule has 0 aromatic carbocycles. The van der Waals surface area contributed by atoms with Crippen molar-refractivity contribution in [2.75, 3.05) is 14.2 Å². The van der Waals surface area contributed by atoms with Gasteiger partial charge in [-0.05, 0) is 32.6 Å². The van der Waals surface area contributed by atoms with Crippen LogP contribution in [0.3, 0.4) is 0 Å². The first-order valence-electron chi connectivity index (χ1n) is 7.80. The zero-order chi connectivity index (χ0) is 15.1. The Labute approximate surface area is 135 Å². The molecule has 2 aliphatic rings. The Balaban J connectivity index is 0.00000220. The van der Waals surface area contributed by atoms with Crippen LogP contribution >= 0.6 is 12.4 Å². The number of amides is 1. The van der Waals surface area contributed by atoms with Crippen LogP contribution in [0.15, 0.2) is 0 Å². The lowest BCUT2D eigenvalue weighted by molar-refractivity contribution is -0.208. The maximum atomic E-state index is 12.7. The van der Waals surface area contributed by atoms with E-state index in [0.29, 0.717) is 0 Å². The molecule has 2 saturated carbocycles. The van der Waals surface area contributed by atoms with Crippen molar-refractivity contribution in [1.82, 2.24) is 4.90 Å². The number of hydrogen-bond acceptors (Lipinski definition) is 3. The van der Waals surface area contributed by atoms with Gasteiger partial charge >= 0.3 is 0 Å². The summed E-state index contributed by atoms with van der Waals surface area (Å²) in [7, 11) is 3.71. The van der Waals surface area contributed by atoms with Gasteiger partial charge in [-0.1, -0.05) is 20.3 Å². The van der Waals surface area contributed by atoms with Gasteiger partial charge in [-0.2, -0.15) is 0 Å². The summed E-state index contributed by atoms with van der Waals surface area (Å²) in [6.07, 6.45) is 4.89. The number of carbonyl (C=O) groups excluding carboxylic acids is 1. The fourth-order valence-electron chi connectivity index (χ4n) is 3.97. The summed E-state index contributed by atoms with van der Waals surface area (Å²) >= 11 is 0. The van der Waals surface area contributed by atoms with Crippen LogP contribution in [0.1, 0.15) is 52.9 Å². The summed E-state index contributed by atoms with van der Waals surface area (Å²) in [5.41, 5.74) is 5.87. The van der Waals surface area contributed by atoms with Crippen molar-refractivity contribution in [3.8, 4) is 0 Å². The predicted octanol–water partition coefficient (Wildman–Crippen LogP) is 2.59. The second-order valence-electron chi connectivity index (χ2n) is 7.45. The normalized spacial score (nSPS) is 38.1. The Morgan fingerprint density at radius 1 is 1.29 bits per heavy atom. The summed E-state index contributed by atoms with van der Waals surface area (Å²) in [6, 6.07) is 0.461. The van der Waals surface area contributed by atoms with Crippen molar-refractivity contribution in [3.05, 3.63) is 0 Å². The first kappa shape index (κ1) is 18.7. The van der Waals surface area contributed by atoms with Gasteiger partial charge in [0.05, 0.1) is 5.60 Å². The van der Waals surface area contributed by atoms with Crippen LogP contribution in [-0.4, -0.2) is 42.6 Å². The molecule has 4 nitrogen and oxygen atoms in total. The van der Waals surface area contributed by atoms with Gasteiger partial charge in [-0.25, -0.2) is 0 Å². The molecule has 4 atom stereocenters. The van der Waals surface area contributed by atoms with E-state index in [1.807, 2.05) is 11.9 Å². The molecule has 2 N–H and O–H groups in total. The monoisotopic (exact) mass is 318 g/mol. The van der Waals surface area contributed by atoms with Gasteiger partial charge in [0.1, 0.15) is 0 Å². The largest absolute Gasteiger partial charge is 0.378 e. The van der Waals surface area contributed by atoms with Gasteiger partial charge in [0.15, 0.2) is 0 Å². The molecule has 1 amide bonds. The molecule has 5 heteroatoms. The van der Waals surface area contributed by atoms with Crippen molar-refractivity contribution in [3.63, 3.8) is 0 Å². The number of nitrogens with zero attached hydrogens (tertiary/aromatic N) is 1. The molecule has 0 aromatic rings. The minimum absolute atomic E-state index is 0. The Morgan fingerprint density at radius 2 is 1.90 bits per heavy atom. The maximum Gasteiger partial charge on any atom is 0.225 e. The fourth-order valence-corrected chi connectivity index (χ4v) is 3.97. The number of hydrogen-bond donors (Lipinski definition) is 1. The van der Waals surface area contributed by atoms with E-state index in [9.17, 15) is 4.79 Å². The van der Waals surface area contributed by atoms with Crippen molar-refractivity contribution >= 4 is 18.3 Å². The molecule has 4 unspecified atom stereocenters. The van der Waals surface area contributed by atoms with Gasteiger partial charge in [-0.15, -0.1) is 12.4 Å². The van der Waals surface area contributed by atoms with Crippen molar-refractivity contribution in [2.24, 2.45) is 17.1 Å². The summed E-state index contributed by atoms with van der Waals surface area (Å²) in [5, 5.41) is 0. The molecule has 0 aliphatic heterocycles. The van der Waals surface area contributed by atoms with E-state index >= 15 is 0 Å². The van der Waals surface area contributed by atoms with Crippen molar-refractivity contribution < 1.29 is 9.53 Å². The summed E-state index contributed by atoms with van der Waals surface area (Å²) in [4.78, 5) is 14.7. The number of methoxy groups -OCH3 is 1. The molecule has 0 aromatic heterocycles. The third kappa shape index (κ3) is 3.08. The third-order valence-electron chi connectivity index (χ3n) is 6.11. The molecule has 2 aliphatic carbocycles. The summed E-state index contributed by atoms with van der Waals surface area (Å²) in [6.45, 7) is 6.53. The maximum absolute atomic E-state index is 12.7. The number of carbonyl (C=O) groups is 1. The minimum Gasteiger partial charge on any atom is -0.378 e. The highest BCUT2D eigenvalue weighted by Gasteiger charge is 2.60. The fraction of sp³-hybridized carbons (Fsp3) is 0.938. The molecule has 124 valence electrons. The first-order chi connectivity index (χ1) is 9.23. The van der Waals surface area contributed by atoms with E-state index in [0.717, 1.165) is 32.1 Å². The molecule has 0 spiro atoms. The first-order valence-corrected chi connectivity index (χ1v) is 7.80. The van der Waals surface area contributed by atoms with Gasteiger partial charge < -0.3 is 15.4 Å². The van der Waals surface area contributed by atoms with E-state index in [1.54, 1.807) is 7.11 Å².